The van der Waals surface area contributed by atoms with Crippen LogP contribution in [-0.2, 0) is 13.6 Å². The molecule has 2 heterocycles. The van der Waals surface area contributed by atoms with Crippen molar-refractivity contribution < 1.29 is 4.79 Å². The Bertz CT molecular complexity index is 966. The molecule has 2 aromatic heterocycles. The highest BCUT2D eigenvalue weighted by Gasteiger charge is 2.20. The number of fused-ring (bicyclic) bond motifs is 3. The number of carbonyl (C=O) groups excluding carboxylic acids is 1. The summed E-state index contributed by atoms with van der Waals surface area (Å²) in [5.41, 5.74) is 2.05. The zero-order valence-corrected chi connectivity index (χ0v) is 14.4. The van der Waals surface area contributed by atoms with Gasteiger partial charge in [0.2, 0.25) is 0 Å². The van der Waals surface area contributed by atoms with E-state index in [1.54, 1.807) is 10.8 Å². The Morgan fingerprint density at radius 2 is 1.96 bits per heavy atom. The molecule has 1 amide bonds. The highest BCUT2D eigenvalue weighted by atomic mass is 16.2. The first kappa shape index (κ1) is 16.3. The molecule has 5 nitrogen and oxygen atoms in total. The molecule has 0 saturated carbocycles. The van der Waals surface area contributed by atoms with Gasteiger partial charge in [0.15, 0.2) is 0 Å². The van der Waals surface area contributed by atoms with Crippen LogP contribution in [0.1, 0.15) is 37.0 Å². The van der Waals surface area contributed by atoms with Crippen LogP contribution in [0.15, 0.2) is 35.3 Å². The first-order valence-corrected chi connectivity index (χ1v) is 8.48. The Labute approximate surface area is 140 Å². The molecule has 126 valence electrons. The number of amides is 1. The maximum absolute atomic E-state index is 12.8. The molecule has 0 aliphatic carbocycles. The molecule has 1 N–H and O–H groups in total. The third-order valence-corrected chi connectivity index (χ3v) is 4.53. The van der Waals surface area contributed by atoms with Crippen molar-refractivity contribution in [1.82, 2.24) is 14.5 Å². The largest absolute Gasteiger partial charge is 0.352 e. The van der Waals surface area contributed by atoms with Gasteiger partial charge in [0.1, 0.15) is 5.52 Å². The Morgan fingerprint density at radius 3 is 2.67 bits per heavy atom. The second-order valence-corrected chi connectivity index (χ2v) is 6.04. The Morgan fingerprint density at radius 1 is 1.21 bits per heavy atom. The van der Waals surface area contributed by atoms with Crippen LogP contribution in [0.5, 0.6) is 0 Å². The van der Waals surface area contributed by atoms with Crippen molar-refractivity contribution in [1.29, 1.82) is 0 Å². The number of nitrogens with zero attached hydrogens (tertiary/aromatic N) is 2. The minimum absolute atomic E-state index is 0.0590. The van der Waals surface area contributed by atoms with Crippen molar-refractivity contribution in [2.75, 3.05) is 6.54 Å². The van der Waals surface area contributed by atoms with Gasteiger partial charge in [0.25, 0.3) is 11.5 Å². The average molecular weight is 325 g/mol. The molecule has 5 heteroatoms. The molecule has 24 heavy (non-hydrogen) atoms. The van der Waals surface area contributed by atoms with Crippen molar-refractivity contribution in [3.05, 3.63) is 46.4 Å². The summed E-state index contributed by atoms with van der Waals surface area (Å²) in [5.74, 6) is -0.119. The molecular formula is C19H23N3O2. The number of rotatable bonds is 5. The summed E-state index contributed by atoms with van der Waals surface area (Å²) < 4.78 is 3.50. The number of hydrogen-bond donors (Lipinski definition) is 1. The van der Waals surface area contributed by atoms with Gasteiger partial charge in [-0.1, -0.05) is 31.5 Å². The normalized spacial score (nSPS) is 11.3. The van der Waals surface area contributed by atoms with Gasteiger partial charge in [-0.15, -0.1) is 0 Å². The Hall–Kier alpha value is -2.56. The first-order chi connectivity index (χ1) is 11.6. The van der Waals surface area contributed by atoms with E-state index in [9.17, 15) is 9.59 Å². The SMILES string of the molecule is CCCCNC(=O)c1cn(CC)c(=O)c2c1c1ccccc1n2C. The highest BCUT2D eigenvalue weighted by molar-refractivity contribution is 6.17. The van der Waals surface area contributed by atoms with Crippen molar-refractivity contribution >= 4 is 27.7 Å². The summed E-state index contributed by atoms with van der Waals surface area (Å²) in [6, 6.07) is 7.83. The number of aromatic nitrogens is 2. The summed E-state index contributed by atoms with van der Waals surface area (Å²) >= 11 is 0. The molecule has 0 atom stereocenters. The monoisotopic (exact) mass is 325 g/mol. The van der Waals surface area contributed by atoms with Crippen molar-refractivity contribution in [3.8, 4) is 0 Å². The fourth-order valence-electron chi connectivity index (χ4n) is 3.21. The van der Waals surface area contributed by atoms with E-state index < -0.39 is 0 Å². The smallest absolute Gasteiger partial charge is 0.275 e. The van der Waals surface area contributed by atoms with Gasteiger partial charge < -0.3 is 14.5 Å². The van der Waals surface area contributed by atoms with E-state index >= 15 is 0 Å². The predicted molar refractivity (Wildman–Crippen MR) is 97.6 cm³/mol. The van der Waals surface area contributed by atoms with Gasteiger partial charge in [-0.25, -0.2) is 0 Å². The lowest BCUT2D eigenvalue weighted by Crippen LogP contribution is -2.28. The maximum Gasteiger partial charge on any atom is 0.275 e. The number of para-hydroxylation sites is 1. The van der Waals surface area contributed by atoms with Crippen LogP contribution in [0.4, 0.5) is 0 Å². The van der Waals surface area contributed by atoms with E-state index in [1.807, 2.05) is 42.8 Å². The van der Waals surface area contributed by atoms with Crippen molar-refractivity contribution in [2.24, 2.45) is 7.05 Å². The molecule has 3 aromatic rings. The summed E-state index contributed by atoms with van der Waals surface area (Å²) in [5, 5.41) is 4.66. The lowest BCUT2D eigenvalue weighted by molar-refractivity contribution is 0.0954. The fourth-order valence-corrected chi connectivity index (χ4v) is 3.21. The molecule has 0 unspecified atom stereocenters. The first-order valence-electron chi connectivity index (χ1n) is 8.48. The van der Waals surface area contributed by atoms with Gasteiger partial charge in [-0.2, -0.15) is 0 Å². The molecule has 3 rings (SSSR count). The van der Waals surface area contributed by atoms with Crippen LogP contribution in [0.2, 0.25) is 0 Å². The van der Waals surface area contributed by atoms with Crippen LogP contribution in [0.3, 0.4) is 0 Å². The topological polar surface area (TPSA) is 56.0 Å². The van der Waals surface area contributed by atoms with Gasteiger partial charge in [0, 0.05) is 42.6 Å². The Kier molecular flexibility index (Phi) is 4.42. The summed E-state index contributed by atoms with van der Waals surface area (Å²) in [6.45, 7) is 5.18. The second-order valence-electron chi connectivity index (χ2n) is 6.04. The minimum Gasteiger partial charge on any atom is -0.352 e. The van der Waals surface area contributed by atoms with Crippen LogP contribution in [0, 0.1) is 0 Å². The van der Waals surface area contributed by atoms with Crippen molar-refractivity contribution in [3.63, 3.8) is 0 Å². The second kappa shape index (κ2) is 6.51. The highest BCUT2D eigenvalue weighted by Crippen LogP contribution is 2.28. The Balaban J connectivity index is 2.32. The average Bonchev–Trinajstić information content (AvgIpc) is 2.89. The van der Waals surface area contributed by atoms with E-state index in [0.29, 0.717) is 24.2 Å². The fraction of sp³-hybridized carbons (Fsp3) is 0.368. The molecule has 0 saturated heterocycles. The molecule has 0 aliphatic rings. The summed E-state index contributed by atoms with van der Waals surface area (Å²) in [6.07, 6.45) is 3.66. The molecule has 1 aromatic carbocycles. The summed E-state index contributed by atoms with van der Waals surface area (Å²) in [7, 11) is 1.88. The molecule has 0 aliphatic heterocycles. The lowest BCUT2D eigenvalue weighted by Gasteiger charge is -2.10. The molecule has 0 radical (unpaired) electrons. The third kappa shape index (κ3) is 2.50. The number of benzene rings is 1. The quantitative estimate of drug-likeness (QED) is 0.733. The van der Waals surface area contributed by atoms with Gasteiger partial charge in [-0.3, -0.25) is 9.59 Å². The van der Waals surface area contributed by atoms with Crippen LogP contribution in [0.25, 0.3) is 21.8 Å². The van der Waals surface area contributed by atoms with E-state index in [2.05, 4.69) is 12.2 Å². The van der Waals surface area contributed by atoms with E-state index in [-0.39, 0.29) is 11.5 Å². The predicted octanol–water partition coefficient (Wildman–Crippen LogP) is 3.04. The standard InChI is InChI=1S/C19H23N3O2/c1-4-6-11-20-18(23)14-12-22(5-2)19(24)17-16(14)13-9-7-8-10-15(13)21(17)3/h7-10,12H,4-6,11H2,1-3H3,(H,20,23). The number of hydrogen-bond acceptors (Lipinski definition) is 2. The molecule has 0 spiro atoms. The van der Waals surface area contributed by atoms with Crippen LogP contribution < -0.4 is 10.9 Å². The maximum atomic E-state index is 12.8. The number of nitrogens with one attached hydrogen (secondary N) is 1. The number of aryl methyl sites for hydroxylation is 2. The zero-order valence-electron chi connectivity index (χ0n) is 14.4. The van der Waals surface area contributed by atoms with Crippen LogP contribution >= 0.6 is 0 Å². The van der Waals surface area contributed by atoms with Gasteiger partial charge in [0.05, 0.1) is 5.56 Å². The van der Waals surface area contributed by atoms with Crippen LogP contribution in [-0.4, -0.2) is 21.6 Å². The molecule has 0 bridgehead atoms. The van der Waals surface area contributed by atoms with E-state index in [4.69, 9.17) is 0 Å². The minimum atomic E-state index is -0.119. The number of carbonyl (C=O) groups is 1. The van der Waals surface area contributed by atoms with Crippen molar-refractivity contribution in [2.45, 2.75) is 33.2 Å². The third-order valence-electron chi connectivity index (χ3n) is 4.53. The lowest BCUT2D eigenvalue weighted by atomic mass is 10.1. The molecule has 0 fully saturated rings. The zero-order chi connectivity index (χ0) is 17.3. The number of unbranched alkanes of at least 4 members (excludes halogenated alkanes) is 1. The van der Waals surface area contributed by atoms with E-state index in [1.165, 1.54) is 0 Å². The molecular weight excluding hydrogens is 302 g/mol. The van der Waals surface area contributed by atoms with E-state index in [0.717, 1.165) is 29.1 Å². The van der Waals surface area contributed by atoms with Gasteiger partial charge in [-0.05, 0) is 19.4 Å². The van der Waals surface area contributed by atoms with Gasteiger partial charge >= 0.3 is 0 Å². The number of pyridine rings is 1. The summed E-state index contributed by atoms with van der Waals surface area (Å²) in [4.78, 5) is 25.5.